The number of rotatable bonds is 12. The largest absolute Gasteiger partial charge is 0.495 e. The highest BCUT2D eigenvalue weighted by Crippen LogP contribution is 2.15. The first-order chi connectivity index (χ1) is 11.7. The number of hydrogen-bond acceptors (Lipinski definition) is 6. The summed E-state index contributed by atoms with van der Waals surface area (Å²) in [5, 5.41) is 9.84. The van der Waals surface area contributed by atoms with Crippen molar-refractivity contribution in [2.24, 2.45) is 0 Å². The molecule has 2 unspecified atom stereocenters. The lowest BCUT2D eigenvalue weighted by molar-refractivity contribution is -0.139. The highest BCUT2D eigenvalue weighted by Gasteiger charge is 2.13. The lowest BCUT2D eigenvalue weighted by Gasteiger charge is -2.17. The molecule has 0 saturated carbocycles. The van der Waals surface area contributed by atoms with Gasteiger partial charge >= 0.3 is 11.9 Å². The molecule has 0 radical (unpaired) electrons. The fraction of sp³-hybridized carbons (Fsp3) is 0.680. The molecule has 0 aliphatic rings. The van der Waals surface area contributed by atoms with Crippen molar-refractivity contribution in [1.82, 2.24) is 0 Å². The van der Waals surface area contributed by atoms with Gasteiger partial charge in [-0.2, -0.15) is 0 Å². The van der Waals surface area contributed by atoms with Gasteiger partial charge in [0.05, 0.1) is 18.5 Å². The van der Waals surface area contributed by atoms with E-state index in [0.717, 1.165) is 0 Å². The summed E-state index contributed by atoms with van der Waals surface area (Å²) in [5.74, 6) is -0.0568. The second-order valence-electron chi connectivity index (χ2n) is 5.85. The van der Waals surface area contributed by atoms with Crippen LogP contribution >= 0.6 is 0 Å². The predicted molar refractivity (Wildman–Crippen MR) is 136 cm³/mol. The summed E-state index contributed by atoms with van der Waals surface area (Å²) in [6.45, 7) is 14.2. The number of ether oxygens (including phenoxy) is 3. The normalized spacial score (nSPS) is 10.9. The number of hydrogen-bond donors (Lipinski definition) is 1. The topological polar surface area (TPSA) is 82.1 Å². The van der Waals surface area contributed by atoms with Crippen molar-refractivity contribution in [3.63, 3.8) is 0 Å². The van der Waals surface area contributed by atoms with Crippen molar-refractivity contribution in [2.45, 2.75) is 110 Å². The Labute approximate surface area is 194 Å². The van der Waals surface area contributed by atoms with Gasteiger partial charge in [-0.05, 0) is 32.8 Å². The van der Waals surface area contributed by atoms with E-state index in [1.807, 2.05) is 6.92 Å². The molecule has 0 bridgehead atoms. The highest BCUT2D eigenvalue weighted by atomic mass is 16.5. The van der Waals surface area contributed by atoms with Crippen molar-refractivity contribution in [3.8, 4) is 0 Å². The Hall–Kier alpha value is -2.08. The van der Waals surface area contributed by atoms with E-state index in [9.17, 15) is 14.7 Å². The fourth-order valence-electron chi connectivity index (χ4n) is 1.84. The van der Waals surface area contributed by atoms with Gasteiger partial charge in [0.1, 0.15) is 11.9 Å². The molecule has 0 rings (SSSR count). The summed E-state index contributed by atoms with van der Waals surface area (Å²) in [6.07, 6.45) is 2.72. The molecule has 1 N–H and O–H groups in total. The van der Waals surface area contributed by atoms with Gasteiger partial charge in [0.2, 0.25) is 0 Å². The third kappa shape index (κ3) is 24.1. The smallest absolute Gasteiger partial charge is 0.333 e. The van der Waals surface area contributed by atoms with Crippen LogP contribution < -0.4 is 0 Å². The van der Waals surface area contributed by atoms with Crippen LogP contribution in [0.1, 0.15) is 97.9 Å². The number of carbonyl (C=O) groups excluding carboxylic acids is 2. The molecule has 0 aromatic rings. The predicted octanol–water partition coefficient (Wildman–Crippen LogP) is 7.23. The van der Waals surface area contributed by atoms with Gasteiger partial charge in [0, 0.05) is 25.3 Å². The van der Waals surface area contributed by atoms with Crippen molar-refractivity contribution in [3.05, 3.63) is 36.3 Å². The Bertz CT molecular complexity index is 508. The fourth-order valence-corrected chi connectivity index (χ4v) is 1.84. The van der Waals surface area contributed by atoms with E-state index in [4.69, 9.17) is 14.2 Å². The van der Waals surface area contributed by atoms with E-state index < -0.39 is 18.0 Å². The molecule has 0 spiro atoms. The standard InChI is InChI=1S/C19H30O6.6CH4/c1-7-17(21)18(25-16(6)20)11-10-15(5)24-14(4)9-8-12-23-19(22)13(2)3;;;;;;/h11,15,17,21H,2,4,7-10,12H2,1,3,5-6H3;6*1H4/b18-11+;;;;;;. The zero-order valence-electron chi connectivity index (χ0n) is 15.7. The van der Waals surface area contributed by atoms with Crippen LogP contribution in [0.3, 0.4) is 0 Å². The maximum atomic E-state index is 11.2. The first-order valence-corrected chi connectivity index (χ1v) is 8.40. The summed E-state index contributed by atoms with van der Waals surface area (Å²) >= 11 is 0. The summed E-state index contributed by atoms with van der Waals surface area (Å²) in [7, 11) is 0. The van der Waals surface area contributed by atoms with Gasteiger partial charge < -0.3 is 19.3 Å². The van der Waals surface area contributed by atoms with Gasteiger partial charge in [0.15, 0.2) is 0 Å². The molecule has 6 nitrogen and oxygen atoms in total. The Morgan fingerprint density at radius 3 is 1.97 bits per heavy atom. The average molecular weight is 451 g/mol. The highest BCUT2D eigenvalue weighted by molar-refractivity contribution is 5.86. The van der Waals surface area contributed by atoms with Gasteiger partial charge in [-0.1, -0.05) is 64.6 Å². The molecule has 0 aliphatic heterocycles. The number of allylic oxidation sites excluding steroid dienone is 1. The molecular weight excluding hydrogens is 396 g/mol. The maximum absolute atomic E-state index is 11.2. The van der Waals surface area contributed by atoms with Crippen LogP contribution in [0, 0.1) is 0 Å². The molecule has 0 aromatic heterocycles. The van der Waals surface area contributed by atoms with Crippen LogP contribution in [0.4, 0.5) is 0 Å². The maximum Gasteiger partial charge on any atom is 0.333 e. The first kappa shape index (κ1) is 46.9. The zero-order valence-corrected chi connectivity index (χ0v) is 15.7. The number of carbonyl (C=O) groups is 2. The van der Waals surface area contributed by atoms with Crippen LogP contribution in [0.15, 0.2) is 36.3 Å². The monoisotopic (exact) mass is 450 g/mol. The summed E-state index contributed by atoms with van der Waals surface area (Å²) in [6, 6.07) is 0. The molecule has 0 fully saturated rings. The van der Waals surface area contributed by atoms with Crippen molar-refractivity contribution in [2.75, 3.05) is 6.61 Å². The van der Waals surface area contributed by atoms with E-state index in [2.05, 4.69) is 13.2 Å². The molecule has 31 heavy (non-hydrogen) atoms. The lowest BCUT2D eigenvalue weighted by atomic mass is 10.1. The average Bonchev–Trinajstić information content (AvgIpc) is 2.53. The van der Waals surface area contributed by atoms with E-state index in [-0.39, 0.29) is 63.0 Å². The quantitative estimate of drug-likeness (QED) is 0.146. The first-order valence-electron chi connectivity index (χ1n) is 8.40. The van der Waals surface area contributed by atoms with Crippen molar-refractivity contribution >= 4 is 11.9 Å². The summed E-state index contributed by atoms with van der Waals surface area (Å²) < 4.78 is 15.7. The Morgan fingerprint density at radius 2 is 1.55 bits per heavy atom. The molecule has 0 aromatic carbocycles. The Kier molecular flexibility index (Phi) is 39.3. The minimum absolute atomic E-state index is 0. The van der Waals surface area contributed by atoms with E-state index in [0.29, 0.717) is 37.0 Å². The van der Waals surface area contributed by atoms with Crippen LogP contribution in [0.25, 0.3) is 0 Å². The molecule has 0 aliphatic carbocycles. The van der Waals surface area contributed by atoms with Crippen LogP contribution in [-0.2, 0) is 23.8 Å². The minimum Gasteiger partial charge on any atom is -0.495 e. The molecule has 2 atom stereocenters. The molecule has 6 heteroatoms. The second-order valence-corrected chi connectivity index (χ2v) is 5.85. The number of aliphatic hydroxyl groups excluding tert-OH is 1. The SMILES string of the molecule is C.C.C.C.C.C.C=C(CCCOC(=O)C(=C)C)OC(C)C/C=C(/OC(C)=O)C(O)CC. The molecule has 0 amide bonds. The van der Waals surface area contributed by atoms with E-state index in [1.54, 1.807) is 19.9 Å². The van der Waals surface area contributed by atoms with Crippen LogP contribution in [-0.4, -0.2) is 35.9 Å². The third-order valence-corrected chi connectivity index (χ3v) is 3.18. The number of aliphatic hydroxyl groups is 1. The van der Waals surface area contributed by atoms with Gasteiger partial charge in [-0.3, -0.25) is 4.79 Å². The van der Waals surface area contributed by atoms with Gasteiger partial charge in [0.25, 0.3) is 0 Å². The Morgan fingerprint density at radius 1 is 1.03 bits per heavy atom. The third-order valence-electron chi connectivity index (χ3n) is 3.18. The Balaban J connectivity index is -0.000000192. The van der Waals surface area contributed by atoms with Crippen molar-refractivity contribution < 1.29 is 28.9 Å². The number of esters is 2. The van der Waals surface area contributed by atoms with Crippen LogP contribution in [0.2, 0.25) is 0 Å². The van der Waals surface area contributed by atoms with Crippen LogP contribution in [0.5, 0.6) is 0 Å². The molecular formula is C25H54O6. The van der Waals surface area contributed by atoms with Gasteiger partial charge in [-0.15, -0.1) is 0 Å². The molecule has 0 heterocycles. The van der Waals surface area contributed by atoms with E-state index in [1.165, 1.54) is 6.92 Å². The van der Waals surface area contributed by atoms with Crippen molar-refractivity contribution in [1.29, 1.82) is 0 Å². The summed E-state index contributed by atoms with van der Waals surface area (Å²) in [5.41, 5.74) is 0.369. The van der Waals surface area contributed by atoms with Gasteiger partial charge in [-0.25, -0.2) is 4.79 Å². The summed E-state index contributed by atoms with van der Waals surface area (Å²) in [4.78, 5) is 22.3. The lowest BCUT2D eigenvalue weighted by Crippen LogP contribution is -2.15. The second kappa shape index (κ2) is 26.0. The molecule has 190 valence electrons. The minimum atomic E-state index is -0.817. The zero-order chi connectivity index (χ0) is 19.4. The molecule has 0 saturated heterocycles. The van der Waals surface area contributed by atoms with E-state index >= 15 is 0 Å².